The van der Waals surface area contributed by atoms with Gasteiger partial charge in [-0.3, -0.25) is 0 Å². The summed E-state index contributed by atoms with van der Waals surface area (Å²) in [6.45, 7) is 18.6. The fourth-order valence-electron chi connectivity index (χ4n) is 7.38. The maximum atomic E-state index is 2.52. The summed E-state index contributed by atoms with van der Waals surface area (Å²) < 4.78 is 3.11. The fraction of sp³-hybridized carbons (Fsp3) is 0.297. The van der Waals surface area contributed by atoms with Gasteiger partial charge in [-0.05, 0) is 42.8 Å². The molecular weight excluding hydrogens is 649 g/mol. The molecule has 215 valence electrons. The predicted octanol–water partition coefficient (Wildman–Crippen LogP) is 4.12. The third-order valence-electron chi connectivity index (χ3n) is 9.31. The predicted molar refractivity (Wildman–Crippen MR) is 170 cm³/mol. The van der Waals surface area contributed by atoms with Gasteiger partial charge in [-0.15, -0.1) is 0 Å². The standard InChI is InChI=1S/C20H21.C17H19NSi.2ClH.Zr/c1-14-12-16-6-5-7-18(19(16)13-14)15-8-10-17(11-9-15)20(2,3)4;1-11-10-14-15(17-12(2)16(14)19(17,3)4)18(11)13-8-6-5-7-9-13;;;/h5-13H,1-4H3;5-10,16H,1-4H3;2*1H;/q;;;;+2/p-2. The second-order valence-corrected chi connectivity index (χ2v) is 19.4. The largest absolute Gasteiger partial charge is 1.00 e. The van der Waals surface area contributed by atoms with Crippen LogP contribution in [0, 0.1) is 6.92 Å². The number of aryl methyl sites for hydroxylation is 1. The van der Waals surface area contributed by atoms with Crippen molar-refractivity contribution in [2.45, 2.75) is 69.2 Å². The van der Waals surface area contributed by atoms with E-state index in [2.05, 4.69) is 144 Å². The van der Waals surface area contributed by atoms with Crippen molar-refractivity contribution in [3.63, 3.8) is 0 Å². The number of halogens is 2. The molecule has 2 aliphatic carbocycles. The van der Waals surface area contributed by atoms with Crippen LogP contribution in [0.25, 0.3) is 28.1 Å². The molecule has 2 aliphatic heterocycles. The van der Waals surface area contributed by atoms with Crippen molar-refractivity contribution in [1.82, 2.24) is 4.57 Å². The van der Waals surface area contributed by atoms with E-state index in [4.69, 9.17) is 0 Å². The van der Waals surface area contributed by atoms with Crippen LogP contribution < -0.4 is 24.8 Å². The van der Waals surface area contributed by atoms with Crippen molar-refractivity contribution in [2.75, 3.05) is 0 Å². The van der Waals surface area contributed by atoms with Crippen LogP contribution in [0.2, 0.25) is 13.1 Å². The minimum absolute atomic E-state index is 0. The number of para-hydroxylation sites is 1. The van der Waals surface area contributed by atoms with Crippen LogP contribution in [-0.4, -0.2) is 12.6 Å². The zero-order chi connectivity index (χ0) is 28.6. The maximum absolute atomic E-state index is 2.52. The van der Waals surface area contributed by atoms with Crippen LogP contribution in [0.15, 0.2) is 90.0 Å². The second-order valence-electron chi connectivity index (χ2n) is 13.4. The van der Waals surface area contributed by atoms with Crippen LogP contribution in [-0.2, 0) is 30.1 Å². The van der Waals surface area contributed by atoms with Crippen molar-refractivity contribution in [3.8, 4) is 16.8 Å². The number of aromatic nitrogens is 1. The van der Waals surface area contributed by atoms with Crippen molar-refractivity contribution in [2.24, 2.45) is 0 Å². The Morgan fingerprint density at radius 1 is 0.786 bits per heavy atom. The van der Waals surface area contributed by atoms with Crippen LogP contribution in [0.4, 0.5) is 0 Å². The van der Waals surface area contributed by atoms with Crippen LogP contribution >= 0.6 is 0 Å². The number of benzene rings is 3. The number of hydrogen-bond acceptors (Lipinski definition) is 0. The summed E-state index contributed by atoms with van der Waals surface area (Å²) in [7, 11) is -1.19. The number of nitrogens with zero attached hydrogens (tertiary/aromatic N) is 1. The van der Waals surface area contributed by atoms with Gasteiger partial charge in [-0.2, -0.15) is 0 Å². The molecule has 0 amide bonds. The molecule has 5 heteroatoms. The zero-order valence-electron chi connectivity index (χ0n) is 25.9. The van der Waals surface area contributed by atoms with Gasteiger partial charge >= 0.3 is 143 Å². The molecule has 42 heavy (non-hydrogen) atoms. The van der Waals surface area contributed by atoms with Gasteiger partial charge in [0.1, 0.15) is 0 Å². The van der Waals surface area contributed by atoms with E-state index in [9.17, 15) is 0 Å². The Morgan fingerprint density at radius 3 is 2.02 bits per heavy atom. The Labute approximate surface area is 281 Å². The zero-order valence-corrected chi connectivity index (χ0v) is 30.9. The van der Waals surface area contributed by atoms with E-state index < -0.39 is 8.07 Å². The van der Waals surface area contributed by atoms with E-state index >= 15 is 0 Å². The summed E-state index contributed by atoms with van der Waals surface area (Å²) in [5, 5.41) is 1.71. The van der Waals surface area contributed by atoms with Gasteiger partial charge in [0, 0.05) is 22.6 Å². The SMILES string of the molecule is CC1=C2c3c(cc(C)n3-c3ccccc3)C1[Si]2(C)C.CC1=Cc2c(-c3ccc(C(C)(C)C)cc3)cccc2[CH]1[Zr+2].[Cl-].[Cl-]. The molecular formula is C37H40Cl2NSiZr. The van der Waals surface area contributed by atoms with E-state index in [-0.39, 0.29) is 30.2 Å². The van der Waals surface area contributed by atoms with Crippen LogP contribution in [0.5, 0.6) is 0 Å². The molecule has 0 saturated heterocycles. The summed E-state index contributed by atoms with van der Waals surface area (Å²) in [6.07, 6.45) is 2.38. The van der Waals surface area contributed by atoms with E-state index in [0.29, 0.717) is 3.63 Å². The third kappa shape index (κ3) is 5.23. The van der Waals surface area contributed by atoms with Crippen LogP contribution in [0.1, 0.15) is 77.4 Å². The topological polar surface area (TPSA) is 4.93 Å². The summed E-state index contributed by atoms with van der Waals surface area (Å²) in [4.78, 5) is 0. The van der Waals surface area contributed by atoms with Crippen molar-refractivity contribution < 1.29 is 49.5 Å². The Balaban J connectivity index is 0.000000185. The molecule has 0 spiro atoms. The summed E-state index contributed by atoms with van der Waals surface area (Å²) in [5.41, 5.74) is 17.0. The summed E-state index contributed by atoms with van der Waals surface area (Å²) in [6, 6.07) is 29.0. The number of allylic oxidation sites excluding steroid dienone is 2. The quantitative estimate of drug-likeness (QED) is 0.280. The first kappa shape index (κ1) is 33.0. The van der Waals surface area contributed by atoms with Gasteiger partial charge in [0.25, 0.3) is 0 Å². The normalized spacial score (nSPS) is 19.0. The maximum Gasteiger partial charge on any atom is -1.00 e. The van der Waals surface area contributed by atoms with E-state index in [0.717, 1.165) is 5.54 Å². The Morgan fingerprint density at radius 2 is 1.43 bits per heavy atom. The molecule has 2 unspecified atom stereocenters. The van der Waals surface area contributed by atoms with Crippen molar-refractivity contribution >= 4 is 19.3 Å². The first-order valence-corrected chi connectivity index (χ1v) is 19.0. The summed E-state index contributed by atoms with van der Waals surface area (Å²) >= 11 is 1.58. The molecule has 2 atom stereocenters. The molecule has 0 N–H and O–H groups in total. The average Bonchev–Trinajstić information content (AvgIpc) is 3.56. The Bertz CT molecular complexity index is 1690. The first-order valence-electron chi connectivity index (χ1n) is 14.5. The van der Waals surface area contributed by atoms with Crippen molar-refractivity contribution in [3.05, 3.63) is 124 Å². The second kappa shape index (κ2) is 11.9. The molecule has 4 aromatic rings. The van der Waals surface area contributed by atoms with Gasteiger partial charge in [0.2, 0.25) is 0 Å². The molecule has 3 heterocycles. The molecule has 1 aromatic heterocycles. The van der Waals surface area contributed by atoms with E-state index in [1.807, 2.05) is 0 Å². The summed E-state index contributed by atoms with van der Waals surface area (Å²) in [5.74, 6) is 0. The fourth-order valence-corrected chi connectivity index (χ4v) is 12.5. The Kier molecular flexibility index (Phi) is 9.34. The molecule has 0 saturated carbocycles. The molecule has 1 nitrogen and oxygen atoms in total. The van der Waals surface area contributed by atoms with E-state index in [1.54, 1.807) is 41.1 Å². The van der Waals surface area contributed by atoms with Gasteiger partial charge in [-0.1, -0.05) is 36.9 Å². The average molecular weight is 689 g/mol. The molecule has 2 bridgehead atoms. The van der Waals surface area contributed by atoms with Gasteiger partial charge in [0.05, 0.1) is 8.07 Å². The Hall–Kier alpha value is -1.90. The number of fused-ring (bicyclic) bond motifs is 1. The van der Waals surface area contributed by atoms with Gasteiger partial charge in [-0.25, -0.2) is 0 Å². The molecule has 3 aromatic carbocycles. The number of hydrogen-bond donors (Lipinski definition) is 0. The molecule has 0 fully saturated rings. The van der Waals surface area contributed by atoms with Gasteiger partial charge in [0.15, 0.2) is 0 Å². The molecule has 4 aliphatic rings. The third-order valence-corrected chi connectivity index (χ3v) is 15.3. The minimum Gasteiger partial charge on any atom is -1.00 e. The van der Waals surface area contributed by atoms with E-state index in [1.165, 1.54) is 50.5 Å². The molecule has 8 rings (SSSR count). The van der Waals surface area contributed by atoms with Gasteiger partial charge < -0.3 is 29.4 Å². The smallest absolute Gasteiger partial charge is 1.00 e. The number of rotatable bonds is 2. The first-order chi connectivity index (χ1) is 18.9. The van der Waals surface area contributed by atoms with Crippen LogP contribution in [0.3, 0.4) is 0 Å². The minimum atomic E-state index is -1.19. The molecule has 0 radical (unpaired) electrons. The van der Waals surface area contributed by atoms with Crippen molar-refractivity contribution in [1.29, 1.82) is 0 Å². The monoisotopic (exact) mass is 686 g/mol.